The maximum atomic E-state index is 9.49. The molecule has 0 saturated carbocycles. The molecule has 3 nitrogen and oxygen atoms in total. The Morgan fingerprint density at radius 3 is 2.82 bits per heavy atom. The van der Waals surface area contributed by atoms with Gasteiger partial charge in [-0.3, -0.25) is 0 Å². The lowest BCUT2D eigenvalue weighted by atomic mass is 10.0. The third-order valence-corrected chi connectivity index (χ3v) is 2.00. The Hall–Kier alpha value is -0.120. The molecule has 0 bridgehead atoms. The molecular formula is C8H18N2O. The fourth-order valence-electron chi connectivity index (χ4n) is 1.46. The molecule has 1 aliphatic rings. The van der Waals surface area contributed by atoms with Gasteiger partial charge in [-0.05, 0) is 13.0 Å². The summed E-state index contributed by atoms with van der Waals surface area (Å²) in [6.45, 7) is 5.95. The molecule has 3 heteroatoms. The minimum absolute atomic E-state index is 0.217. The maximum Gasteiger partial charge on any atom is 0.0817 e. The Kier molecular flexibility index (Phi) is 3.30. The molecule has 0 aromatic rings. The van der Waals surface area contributed by atoms with Gasteiger partial charge in [0, 0.05) is 18.6 Å². The fourth-order valence-corrected chi connectivity index (χ4v) is 1.46. The second kappa shape index (κ2) is 4.04. The molecule has 11 heavy (non-hydrogen) atoms. The summed E-state index contributed by atoms with van der Waals surface area (Å²) in [6, 6.07) is 0.754. The van der Waals surface area contributed by atoms with E-state index in [0.29, 0.717) is 6.04 Å². The number of nitrogens with one attached hydrogen (secondary N) is 2. The molecule has 0 radical (unpaired) electrons. The van der Waals surface area contributed by atoms with E-state index >= 15 is 0 Å². The van der Waals surface area contributed by atoms with E-state index in [2.05, 4.69) is 24.5 Å². The van der Waals surface area contributed by atoms with Crippen LogP contribution in [-0.2, 0) is 0 Å². The number of hydrogen-bond acceptors (Lipinski definition) is 3. The van der Waals surface area contributed by atoms with Gasteiger partial charge in [-0.15, -0.1) is 0 Å². The van der Waals surface area contributed by atoms with Gasteiger partial charge in [0.2, 0.25) is 0 Å². The number of β-amino-alcohol motifs (C(OH)–C–C–N with tert-alkyl or cyclic N) is 1. The Labute approximate surface area is 68.2 Å². The first-order valence-corrected chi connectivity index (χ1v) is 4.35. The van der Waals surface area contributed by atoms with Gasteiger partial charge in [0.1, 0.15) is 0 Å². The highest BCUT2D eigenvalue weighted by Crippen LogP contribution is 2.03. The molecule has 1 rings (SSSR count). The average molecular weight is 158 g/mol. The average Bonchev–Trinajstić information content (AvgIpc) is 1.93. The first-order chi connectivity index (χ1) is 5.20. The lowest BCUT2D eigenvalue weighted by Crippen LogP contribution is -2.52. The van der Waals surface area contributed by atoms with Gasteiger partial charge >= 0.3 is 0 Å². The van der Waals surface area contributed by atoms with E-state index in [9.17, 15) is 5.11 Å². The zero-order chi connectivity index (χ0) is 8.27. The molecule has 1 aliphatic heterocycles. The highest BCUT2D eigenvalue weighted by Gasteiger charge is 2.22. The Morgan fingerprint density at radius 1 is 1.55 bits per heavy atom. The molecule has 3 N–H and O–H groups in total. The van der Waals surface area contributed by atoms with Gasteiger partial charge in [-0.1, -0.05) is 13.8 Å². The van der Waals surface area contributed by atoms with E-state index in [0.717, 1.165) is 19.5 Å². The van der Waals surface area contributed by atoms with E-state index in [4.69, 9.17) is 0 Å². The molecule has 0 aromatic heterocycles. The van der Waals surface area contributed by atoms with Crippen molar-refractivity contribution in [2.45, 2.75) is 38.5 Å². The highest BCUT2D eigenvalue weighted by atomic mass is 16.3. The zero-order valence-electron chi connectivity index (χ0n) is 7.30. The van der Waals surface area contributed by atoms with E-state index in [1.54, 1.807) is 0 Å². The Bertz CT molecular complexity index is 117. The van der Waals surface area contributed by atoms with Gasteiger partial charge < -0.3 is 15.7 Å². The first kappa shape index (κ1) is 8.97. The summed E-state index contributed by atoms with van der Waals surface area (Å²) in [5.41, 5.74) is 0. The lowest BCUT2D eigenvalue weighted by Gasteiger charge is -2.30. The van der Waals surface area contributed by atoms with E-state index < -0.39 is 0 Å². The first-order valence-electron chi connectivity index (χ1n) is 4.35. The van der Waals surface area contributed by atoms with Crippen molar-refractivity contribution in [3.05, 3.63) is 0 Å². The van der Waals surface area contributed by atoms with Crippen LogP contribution in [0.3, 0.4) is 0 Å². The summed E-state index contributed by atoms with van der Waals surface area (Å²) in [7, 11) is 0. The minimum atomic E-state index is -0.217. The molecule has 2 atom stereocenters. The maximum absolute atomic E-state index is 9.49. The summed E-state index contributed by atoms with van der Waals surface area (Å²) in [6.07, 6.45) is 0.811. The Balaban J connectivity index is 2.29. The number of hydrogen-bond donors (Lipinski definition) is 3. The van der Waals surface area contributed by atoms with Crippen molar-refractivity contribution in [1.29, 1.82) is 0 Å². The van der Waals surface area contributed by atoms with Crippen LogP contribution in [0.2, 0.25) is 0 Å². The van der Waals surface area contributed by atoms with Crippen LogP contribution >= 0.6 is 0 Å². The number of aliphatic hydroxyl groups is 1. The monoisotopic (exact) mass is 158 g/mol. The van der Waals surface area contributed by atoms with Crippen LogP contribution in [-0.4, -0.2) is 36.4 Å². The standard InChI is InChI=1S/C8H18N2O/c1-6(2)10-7-3-4-9-5-8(7)11/h6-11H,3-5H2,1-2H3/t7-,8?/m0/s1. The molecule has 1 fully saturated rings. The zero-order valence-corrected chi connectivity index (χ0v) is 7.30. The minimum Gasteiger partial charge on any atom is -0.390 e. The van der Waals surface area contributed by atoms with Crippen LogP contribution < -0.4 is 10.6 Å². The molecule has 0 spiro atoms. The summed E-state index contributed by atoms with van der Waals surface area (Å²) >= 11 is 0. The van der Waals surface area contributed by atoms with Crippen LogP contribution in [0, 0.1) is 0 Å². The number of piperidine rings is 1. The van der Waals surface area contributed by atoms with Crippen molar-refractivity contribution < 1.29 is 5.11 Å². The molecule has 0 aliphatic carbocycles. The van der Waals surface area contributed by atoms with Gasteiger partial charge in [0.25, 0.3) is 0 Å². The molecule has 0 amide bonds. The topological polar surface area (TPSA) is 44.3 Å². The SMILES string of the molecule is CC(C)N[C@H]1CCNCC1O. The smallest absolute Gasteiger partial charge is 0.0817 e. The normalized spacial score (nSPS) is 32.7. The van der Waals surface area contributed by atoms with Crippen LogP contribution in [0.4, 0.5) is 0 Å². The van der Waals surface area contributed by atoms with E-state index in [1.807, 2.05) is 0 Å². The molecule has 1 unspecified atom stereocenters. The molecule has 66 valence electrons. The number of rotatable bonds is 2. The highest BCUT2D eigenvalue weighted by molar-refractivity contribution is 4.83. The fraction of sp³-hybridized carbons (Fsp3) is 1.00. The van der Waals surface area contributed by atoms with Gasteiger partial charge in [0.15, 0.2) is 0 Å². The predicted octanol–water partition coefficient (Wildman–Crippen LogP) is -0.293. The molecule has 1 saturated heterocycles. The second-order valence-corrected chi connectivity index (χ2v) is 3.49. The third kappa shape index (κ3) is 2.77. The summed E-state index contributed by atoms with van der Waals surface area (Å²) < 4.78 is 0. The Morgan fingerprint density at radius 2 is 2.27 bits per heavy atom. The molecule has 0 aromatic carbocycles. The van der Waals surface area contributed by atoms with Gasteiger partial charge in [-0.25, -0.2) is 0 Å². The quantitative estimate of drug-likeness (QED) is 0.517. The number of aliphatic hydroxyl groups excluding tert-OH is 1. The predicted molar refractivity (Wildman–Crippen MR) is 45.6 cm³/mol. The van der Waals surface area contributed by atoms with E-state index in [-0.39, 0.29) is 12.1 Å². The third-order valence-electron chi connectivity index (χ3n) is 2.00. The summed E-state index contributed by atoms with van der Waals surface area (Å²) in [5.74, 6) is 0. The van der Waals surface area contributed by atoms with Crippen molar-refractivity contribution in [3.63, 3.8) is 0 Å². The van der Waals surface area contributed by atoms with Crippen LogP contribution in [0.25, 0.3) is 0 Å². The van der Waals surface area contributed by atoms with E-state index in [1.165, 1.54) is 0 Å². The van der Waals surface area contributed by atoms with Crippen molar-refractivity contribution >= 4 is 0 Å². The molecular weight excluding hydrogens is 140 g/mol. The van der Waals surface area contributed by atoms with Crippen LogP contribution in [0.5, 0.6) is 0 Å². The second-order valence-electron chi connectivity index (χ2n) is 3.49. The van der Waals surface area contributed by atoms with Gasteiger partial charge in [0.05, 0.1) is 6.10 Å². The van der Waals surface area contributed by atoms with Crippen LogP contribution in [0.1, 0.15) is 20.3 Å². The van der Waals surface area contributed by atoms with Crippen LogP contribution in [0.15, 0.2) is 0 Å². The lowest BCUT2D eigenvalue weighted by molar-refractivity contribution is 0.0986. The summed E-state index contributed by atoms with van der Waals surface area (Å²) in [4.78, 5) is 0. The van der Waals surface area contributed by atoms with Crippen molar-refractivity contribution in [2.75, 3.05) is 13.1 Å². The van der Waals surface area contributed by atoms with Crippen molar-refractivity contribution in [1.82, 2.24) is 10.6 Å². The summed E-state index contributed by atoms with van der Waals surface area (Å²) in [5, 5.41) is 16.0. The largest absolute Gasteiger partial charge is 0.390 e. The van der Waals surface area contributed by atoms with Gasteiger partial charge in [-0.2, -0.15) is 0 Å². The van der Waals surface area contributed by atoms with Crippen molar-refractivity contribution in [2.24, 2.45) is 0 Å². The molecule has 1 heterocycles. The van der Waals surface area contributed by atoms with Crippen molar-refractivity contribution in [3.8, 4) is 0 Å².